The molecular formula is C25H27N5O. The smallest absolute Gasteiger partial charge is 0.144 e. The van der Waals surface area contributed by atoms with Gasteiger partial charge in [0.2, 0.25) is 0 Å². The molecule has 6 heteroatoms. The normalized spacial score (nSPS) is 14.7. The summed E-state index contributed by atoms with van der Waals surface area (Å²) in [7, 11) is 0. The van der Waals surface area contributed by atoms with Crippen molar-refractivity contribution in [3.63, 3.8) is 0 Å². The minimum Gasteiger partial charge on any atom is -0.490 e. The van der Waals surface area contributed by atoms with E-state index in [1.165, 1.54) is 30.0 Å². The molecule has 1 saturated heterocycles. The van der Waals surface area contributed by atoms with Gasteiger partial charge in [0.25, 0.3) is 0 Å². The van der Waals surface area contributed by atoms with Gasteiger partial charge >= 0.3 is 0 Å². The van der Waals surface area contributed by atoms with Gasteiger partial charge in [-0.25, -0.2) is 9.97 Å². The number of rotatable bonds is 6. The molecule has 31 heavy (non-hydrogen) atoms. The second kappa shape index (κ2) is 8.78. The molecule has 0 radical (unpaired) electrons. The molecule has 1 aliphatic heterocycles. The van der Waals surface area contributed by atoms with Crippen molar-refractivity contribution in [1.29, 1.82) is 0 Å². The van der Waals surface area contributed by atoms with Gasteiger partial charge in [-0.2, -0.15) is 0 Å². The third kappa shape index (κ3) is 4.39. The van der Waals surface area contributed by atoms with Gasteiger partial charge in [-0.1, -0.05) is 36.8 Å². The number of fused-ring (bicyclic) bond motifs is 2. The predicted molar refractivity (Wildman–Crippen MR) is 127 cm³/mol. The van der Waals surface area contributed by atoms with Gasteiger partial charge in [0.05, 0.1) is 11.2 Å². The van der Waals surface area contributed by atoms with Crippen molar-refractivity contribution in [2.45, 2.75) is 19.3 Å². The minimum atomic E-state index is 0.600. The summed E-state index contributed by atoms with van der Waals surface area (Å²) in [6.07, 6.45) is 5.47. The van der Waals surface area contributed by atoms with E-state index >= 15 is 0 Å². The monoisotopic (exact) mass is 413 g/mol. The first-order chi connectivity index (χ1) is 15.3. The largest absolute Gasteiger partial charge is 0.490 e. The third-order valence-corrected chi connectivity index (χ3v) is 5.89. The van der Waals surface area contributed by atoms with E-state index in [9.17, 15) is 0 Å². The number of hydrogen-bond acceptors (Lipinski definition) is 6. The summed E-state index contributed by atoms with van der Waals surface area (Å²) in [5.74, 6) is 1.41. The molecule has 3 N–H and O–H groups in total. The maximum atomic E-state index is 6.32. The zero-order chi connectivity index (χ0) is 21.0. The van der Waals surface area contributed by atoms with Crippen LogP contribution >= 0.6 is 0 Å². The summed E-state index contributed by atoms with van der Waals surface area (Å²) in [5, 5.41) is 6.67. The lowest BCUT2D eigenvalue weighted by atomic mass is 10.1. The van der Waals surface area contributed by atoms with Gasteiger partial charge in [-0.15, -0.1) is 0 Å². The van der Waals surface area contributed by atoms with E-state index in [-0.39, 0.29) is 0 Å². The SMILES string of the molecule is Nc1cc2c(Nc3ccc4ccccc4c3)ncnc2cc1OCCN1CCCCC1. The highest BCUT2D eigenvalue weighted by Gasteiger charge is 2.12. The van der Waals surface area contributed by atoms with Crippen LogP contribution in [0.5, 0.6) is 5.75 Å². The van der Waals surface area contributed by atoms with E-state index in [2.05, 4.69) is 50.5 Å². The van der Waals surface area contributed by atoms with Crippen LogP contribution in [-0.4, -0.2) is 41.1 Å². The molecule has 1 aliphatic rings. The van der Waals surface area contributed by atoms with Crippen molar-refractivity contribution in [3.8, 4) is 5.75 Å². The van der Waals surface area contributed by atoms with E-state index in [0.717, 1.165) is 42.0 Å². The Balaban J connectivity index is 1.35. The summed E-state index contributed by atoms with van der Waals surface area (Å²) >= 11 is 0. The first-order valence-electron chi connectivity index (χ1n) is 10.9. The maximum absolute atomic E-state index is 6.32. The van der Waals surface area contributed by atoms with Crippen molar-refractivity contribution < 1.29 is 4.74 Å². The lowest BCUT2D eigenvalue weighted by Crippen LogP contribution is -2.33. The van der Waals surface area contributed by atoms with Gasteiger partial charge in [-0.05, 0) is 54.9 Å². The molecule has 3 aromatic carbocycles. The number of benzene rings is 3. The predicted octanol–water partition coefficient (Wildman–Crippen LogP) is 4.97. The zero-order valence-corrected chi connectivity index (χ0v) is 17.6. The standard InChI is InChI=1S/C25H27N5O/c26-22-15-21-23(16-24(22)31-13-12-30-10-4-1-5-11-30)27-17-28-25(21)29-20-9-8-18-6-2-3-7-19(18)14-20/h2-3,6-9,14-17H,1,4-5,10-13,26H2,(H,27,28,29). The topological polar surface area (TPSA) is 76.3 Å². The quantitative estimate of drug-likeness (QED) is 0.435. The average Bonchev–Trinajstić information content (AvgIpc) is 2.80. The number of piperidine rings is 1. The summed E-state index contributed by atoms with van der Waals surface area (Å²) < 4.78 is 6.01. The molecule has 0 amide bonds. The summed E-state index contributed by atoms with van der Waals surface area (Å²) in [6, 6.07) is 18.4. The fraction of sp³-hybridized carbons (Fsp3) is 0.280. The van der Waals surface area contributed by atoms with Crippen molar-refractivity contribution >= 4 is 38.9 Å². The van der Waals surface area contributed by atoms with Crippen LogP contribution in [-0.2, 0) is 0 Å². The van der Waals surface area contributed by atoms with Crippen LogP contribution in [0.3, 0.4) is 0 Å². The first-order valence-corrected chi connectivity index (χ1v) is 10.9. The Morgan fingerprint density at radius 3 is 2.65 bits per heavy atom. The van der Waals surface area contributed by atoms with Gasteiger partial charge in [0, 0.05) is 23.7 Å². The molecule has 158 valence electrons. The lowest BCUT2D eigenvalue weighted by Gasteiger charge is -2.26. The second-order valence-electron chi connectivity index (χ2n) is 8.07. The molecule has 5 rings (SSSR count). The third-order valence-electron chi connectivity index (χ3n) is 5.89. The molecular weight excluding hydrogens is 386 g/mol. The number of ether oxygens (including phenoxy) is 1. The molecule has 0 unspecified atom stereocenters. The van der Waals surface area contributed by atoms with E-state index in [4.69, 9.17) is 10.5 Å². The second-order valence-corrected chi connectivity index (χ2v) is 8.07. The molecule has 0 bridgehead atoms. The van der Waals surface area contributed by atoms with Crippen molar-refractivity contribution in [2.75, 3.05) is 37.3 Å². The lowest BCUT2D eigenvalue weighted by molar-refractivity contribution is 0.184. The Kier molecular flexibility index (Phi) is 5.54. The van der Waals surface area contributed by atoms with Crippen LogP contribution in [0.1, 0.15) is 19.3 Å². The maximum Gasteiger partial charge on any atom is 0.144 e. The molecule has 0 atom stereocenters. The first kappa shape index (κ1) is 19.6. The van der Waals surface area contributed by atoms with Gasteiger partial charge in [-0.3, -0.25) is 4.90 Å². The highest BCUT2D eigenvalue weighted by molar-refractivity contribution is 5.95. The average molecular weight is 414 g/mol. The number of likely N-dealkylation sites (tertiary alicyclic amines) is 1. The molecule has 1 aromatic heterocycles. The van der Waals surface area contributed by atoms with Gasteiger partial charge < -0.3 is 15.8 Å². The van der Waals surface area contributed by atoms with Crippen LogP contribution in [0.25, 0.3) is 21.7 Å². The fourth-order valence-corrected chi connectivity index (χ4v) is 4.20. The van der Waals surface area contributed by atoms with E-state index in [0.29, 0.717) is 18.0 Å². The van der Waals surface area contributed by atoms with Crippen LogP contribution in [0.15, 0.2) is 60.9 Å². The van der Waals surface area contributed by atoms with Crippen molar-refractivity contribution in [3.05, 3.63) is 60.9 Å². The van der Waals surface area contributed by atoms with E-state index < -0.39 is 0 Å². The van der Waals surface area contributed by atoms with Crippen LogP contribution in [0.2, 0.25) is 0 Å². The molecule has 4 aromatic rings. The fourth-order valence-electron chi connectivity index (χ4n) is 4.20. The van der Waals surface area contributed by atoms with Gasteiger partial charge in [0.1, 0.15) is 24.5 Å². The summed E-state index contributed by atoms with van der Waals surface area (Å²) in [4.78, 5) is 11.3. The Hall–Kier alpha value is -3.38. The number of nitrogens with one attached hydrogen (secondary N) is 1. The van der Waals surface area contributed by atoms with Crippen molar-refractivity contribution in [2.24, 2.45) is 0 Å². The molecule has 0 aliphatic carbocycles. The van der Waals surface area contributed by atoms with Crippen LogP contribution in [0.4, 0.5) is 17.2 Å². The Morgan fingerprint density at radius 1 is 0.935 bits per heavy atom. The Morgan fingerprint density at radius 2 is 1.77 bits per heavy atom. The molecule has 2 heterocycles. The molecule has 1 fully saturated rings. The Labute approximate surface area is 182 Å². The summed E-state index contributed by atoms with van der Waals surface area (Å²) in [5.41, 5.74) is 8.70. The number of nitrogen functional groups attached to an aromatic ring is 1. The van der Waals surface area contributed by atoms with Gasteiger partial charge in [0.15, 0.2) is 0 Å². The van der Waals surface area contributed by atoms with E-state index in [1.54, 1.807) is 6.33 Å². The Bertz CT molecular complexity index is 1200. The van der Waals surface area contributed by atoms with Crippen molar-refractivity contribution in [1.82, 2.24) is 14.9 Å². The van der Waals surface area contributed by atoms with Crippen LogP contribution in [0, 0.1) is 0 Å². The zero-order valence-electron chi connectivity index (χ0n) is 17.6. The highest BCUT2D eigenvalue weighted by Crippen LogP contribution is 2.32. The summed E-state index contributed by atoms with van der Waals surface area (Å²) in [6.45, 7) is 3.88. The number of hydrogen-bond donors (Lipinski definition) is 2. The number of aromatic nitrogens is 2. The number of nitrogens with zero attached hydrogens (tertiary/aromatic N) is 3. The van der Waals surface area contributed by atoms with E-state index in [1.807, 2.05) is 24.3 Å². The van der Waals surface area contributed by atoms with Crippen LogP contribution < -0.4 is 15.8 Å². The number of anilines is 3. The number of nitrogens with two attached hydrogens (primary N) is 1. The highest BCUT2D eigenvalue weighted by atomic mass is 16.5. The minimum absolute atomic E-state index is 0.600. The molecule has 6 nitrogen and oxygen atoms in total. The molecule has 0 saturated carbocycles. The molecule has 0 spiro atoms.